The summed E-state index contributed by atoms with van der Waals surface area (Å²) in [6, 6.07) is 3.10. The van der Waals surface area contributed by atoms with Gasteiger partial charge in [0.25, 0.3) is 0 Å². The number of nitrogens with zero attached hydrogens (tertiary/aromatic N) is 2. The van der Waals surface area contributed by atoms with E-state index >= 15 is 0 Å². The van der Waals surface area contributed by atoms with Crippen LogP contribution in [0.15, 0.2) is 24.4 Å². The summed E-state index contributed by atoms with van der Waals surface area (Å²) in [6.07, 6.45) is 2.21. The molecule has 19 heavy (non-hydrogen) atoms. The summed E-state index contributed by atoms with van der Waals surface area (Å²) in [5, 5.41) is 4.26. The monoisotopic (exact) mass is 264 g/mol. The van der Waals surface area contributed by atoms with Crippen molar-refractivity contribution in [1.29, 1.82) is 0 Å². The Balaban J connectivity index is 2.61. The lowest BCUT2D eigenvalue weighted by Crippen LogP contribution is -2.22. The third-order valence-corrected chi connectivity index (χ3v) is 2.69. The number of rotatable bonds is 2. The second-order valence-electron chi connectivity index (χ2n) is 5.32. The molecule has 1 aromatic carbocycles. The van der Waals surface area contributed by atoms with E-state index in [4.69, 9.17) is 0 Å². The normalized spacial score (nSPS) is 11.6. The largest absolute Gasteiger partial charge is 0.298 e. The number of halogens is 2. The van der Waals surface area contributed by atoms with Gasteiger partial charge < -0.3 is 0 Å². The lowest BCUT2D eigenvalue weighted by Gasteiger charge is -2.18. The van der Waals surface area contributed by atoms with Crippen molar-refractivity contribution >= 4 is 6.29 Å². The second-order valence-corrected chi connectivity index (χ2v) is 5.32. The van der Waals surface area contributed by atoms with Crippen LogP contribution in [0.25, 0.3) is 11.3 Å². The average Bonchev–Trinajstić information content (AvgIpc) is 2.71. The van der Waals surface area contributed by atoms with Crippen LogP contribution < -0.4 is 0 Å². The zero-order valence-electron chi connectivity index (χ0n) is 10.9. The Labute approximate surface area is 109 Å². The number of carbonyl (C=O) groups excluding carboxylic acids is 1. The van der Waals surface area contributed by atoms with Gasteiger partial charge in [0.05, 0.1) is 11.1 Å². The highest BCUT2D eigenvalue weighted by Crippen LogP contribution is 2.25. The Hall–Kier alpha value is -2.04. The van der Waals surface area contributed by atoms with Crippen LogP contribution in [0.5, 0.6) is 0 Å². The van der Waals surface area contributed by atoms with Crippen molar-refractivity contribution in [3.05, 3.63) is 41.6 Å². The van der Waals surface area contributed by atoms with Crippen LogP contribution in [0, 0.1) is 11.6 Å². The van der Waals surface area contributed by atoms with E-state index in [1.54, 1.807) is 10.9 Å². The molecule has 0 radical (unpaired) electrons. The number of hydrogen-bond acceptors (Lipinski definition) is 2. The fraction of sp³-hybridized carbons (Fsp3) is 0.286. The molecule has 0 atom stereocenters. The molecule has 0 fully saturated rings. The van der Waals surface area contributed by atoms with E-state index in [0.29, 0.717) is 11.8 Å². The molecular formula is C14H14F2N2O. The SMILES string of the molecule is CC(C)(C)n1cc(C=O)c(-c2cc(F)cc(F)c2)n1. The predicted molar refractivity (Wildman–Crippen MR) is 68.0 cm³/mol. The van der Waals surface area contributed by atoms with Crippen molar-refractivity contribution in [3.63, 3.8) is 0 Å². The molecule has 5 heteroatoms. The van der Waals surface area contributed by atoms with Gasteiger partial charge in [-0.3, -0.25) is 9.48 Å². The summed E-state index contributed by atoms with van der Waals surface area (Å²) in [4.78, 5) is 11.1. The summed E-state index contributed by atoms with van der Waals surface area (Å²) < 4.78 is 28.1. The third kappa shape index (κ3) is 2.70. The van der Waals surface area contributed by atoms with Crippen molar-refractivity contribution in [3.8, 4) is 11.3 Å². The topological polar surface area (TPSA) is 34.9 Å². The average molecular weight is 264 g/mol. The zero-order chi connectivity index (χ0) is 14.2. The van der Waals surface area contributed by atoms with Crippen LogP contribution in [-0.4, -0.2) is 16.1 Å². The third-order valence-electron chi connectivity index (χ3n) is 2.69. The Morgan fingerprint density at radius 1 is 1.16 bits per heavy atom. The molecule has 0 amide bonds. The van der Waals surface area contributed by atoms with Crippen LogP contribution in [0.4, 0.5) is 8.78 Å². The highest BCUT2D eigenvalue weighted by Gasteiger charge is 2.19. The minimum atomic E-state index is -0.697. The van der Waals surface area contributed by atoms with Gasteiger partial charge in [-0.1, -0.05) is 0 Å². The molecule has 1 heterocycles. The maximum Gasteiger partial charge on any atom is 0.153 e. The molecule has 0 N–H and O–H groups in total. The van der Waals surface area contributed by atoms with Gasteiger partial charge in [0.15, 0.2) is 6.29 Å². The van der Waals surface area contributed by atoms with Gasteiger partial charge in [0.2, 0.25) is 0 Å². The van der Waals surface area contributed by atoms with Crippen LogP contribution in [0.2, 0.25) is 0 Å². The van der Waals surface area contributed by atoms with Crippen LogP contribution in [0.1, 0.15) is 31.1 Å². The standard InChI is InChI=1S/C14H14F2N2O/c1-14(2,3)18-7-10(8-19)13(17-18)9-4-11(15)6-12(16)5-9/h4-8H,1-3H3. The maximum atomic E-state index is 13.2. The van der Waals surface area contributed by atoms with E-state index in [1.807, 2.05) is 20.8 Å². The molecule has 0 saturated heterocycles. The first-order valence-electron chi connectivity index (χ1n) is 5.83. The van der Waals surface area contributed by atoms with Crippen LogP contribution >= 0.6 is 0 Å². The molecule has 0 aliphatic heterocycles. The predicted octanol–water partition coefficient (Wildman–Crippen LogP) is 3.40. The van der Waals surface area contributed by atoms with Crippen molar-refractivity contribution in [1.82, 2.24) is 9.78 Å². The molecule has 0 unspecified atom stereocenters. The molecule has 0 bridgehead atoms. The Morgan fingerprint density at radius 3 is 2.21 bits per heavy atom. The lowest BCUT2D eigenvalue weighted by molar-refractivity contribution is 0.112. The number of hydrogen-bond donors (Lipinski definition) is 0. The molecule has 2 aromatic rings. The van der Waals surface area contributed by atoms with Crippen molar-refractivity contribution in [2.24, 2.45) is 0 Å². The Morgan fingerprint density at radius 2 is 1.74 bits per heavy atom. The van der Waals surface area contributed by atoms with Gasteiger partial charge in [-0.15, -0.1) is 0 Å². The first-order chi connectivity index (χ1) is 8.81. The van der Waals surface area contributed by atoms with E-state index in [1.165, 1.54) is 0 Å². The summed E-state index contributed by atoms with van der Waals surface area (Å²) in [5.41, 5.74) is 0.521. The van der Waals surface area contributed by atoms with E-state index in [0.717, 1.165) is 18.2 Å². The fourth-order valence-corrected chi connectivity index (χ4v) is 1.73. The minimum absolute atomic E-state index is 0.252. The smallest absolute Gasteiger partial charge is 0.153 e. The van der Waals surface area contributed by atoms with Gasteiger partial charge in [-0.25, -0.2) is 8.78 Å². The molecule has 2 rings (SSSR count). The molecule has 0 aliphatic carbocycles. The van der Waals surface area contributed by atoms with Crippen molar-refractivity contribution in [2.45, 2.75) is 26.3 Å². The summed E-state index contributed by atoms with van der Waals surface area (Å²) in [7, 11) is 0. The van der Waals surface area contributed by atoms with Gasteiger partial charge in [0.1, 0.15) is 17.3 Å². The second kappa shape index (κ2) is 4.57. The quantitative estimate of drug-likeness (QED) is 0.779. The molecule has 3 nitrogen and oxygen atoms in total. The Kier molecular flexibility index (Phi) is 3.22. The van der Waals surface area contributed by atoms with Gasteiger partial charge >= 0.3 is 0 Å². The molecule has 0 saturated carbocycles. The number of benzene rings is 1. The van der Waals surface area contributed by atoms with E-state index in [9.17, 15) is 13.6 Å². The minimum Gasteiger partial charge on any atom is -0.298 e. The number of aromatic nitrogens is 2. The van der Waals surface area contributed by atoms with Gasteiger partial charge in [-0.2, -0.15) is 5.10 Å². The molecule has 100 valence electrons. The van der Waals surface area contributed by atoms with Crippen molar-refractivity contribution < 1.29 is 13.6 Å². The lowest BCUT2D eigenvalue weighted by atomic mass is 10.1. The number of aldehydes is 1. The van der Waals surface area contributed by atoms with Crippen LogP contribution in [-0.2, 0) is 5.54 Å². The van der Waals surface area contributed by atoms with Crippen LogP contribution in [0.3, 0.4) is 0 Å². The summed E-state index contributed by atoms with van der Waals surface area (Å²) in [6.45, 7) is 5.76. The molecule has 0 spiro atoms. The number of carbonyl (C=O) groups is 1. The highest BCUT2D eigenvalue weighted by molar-refractivity contribution is 5.85. The van der Waals surface area contributed by atoms with E-state index in [-0.39, 0.29) is 16.8 Å². The maximum absolute atomic E-state index is 13.2. The van der Waals surface area contributed by atoms with Gasteiger partial charge in [0, 0.05) is 17.8 Å². The van der Waals surface area contributed by atoms with E-state index < -0.39 is 11.6 Å². The first-order valence-corrected chi connectivity index (χ1v) is 5.83. The molecular weight excluding hydrogens is 250 g/mol. The zero-order valence-corrected chi connectivity index (χ0v) is 10.9. The first kappa shape index (κ1) is 13.4. The Bertz CT molecular complexity index is 607. The summed E-state index contributed by atoms with van der Waals surface area (Å²) >= 11 is 0. The summed E-state index contributed by atoms with van der Waals surface area (Å²) in [5.74, 6) is -1.39. The molecule has 0 aliphatic rings. The molecule has 1 aromatic heterocycles. The highest BCUT2D eigenvalue weighted by atomic mass is 19.1. The fourth-order valence-electron chi connectivity index (χ4n) is 1.73. The van der Waals surface area contributed by atoms with E-state index in [2.05, 4.69) is 5.10 Å². The van der Waals surface area contributed by atoms with Crippen molar-refractivity contribution in [2.75, 3.05) is 0 Å². The van der Waals surface area contributed by atoms with Gasteiger partial charge in [-0.05, 0) is 32.9 Å².